The van der Waals surface area contributed by atoms with Crippen LogP contribution in [0.2, 0.25) is 0 Å². The van der Waals surface area contributed by atoms with Gasteiger partial charge in [0.15, 0.2) is 0 Å². The first-order valence-electron chi connectivity index (χ1n) is 10.1. The van der Waals surface area contributed by atoms with Crippen LogP contribution in [0, 0.1) is 0 Å². The SMILES string of the molecule is C[C@H](NC(c1ccccc1)c1cccc(CC2SC(=O)NC2=O)c1)c1ccccc1. The van der Waals surface area contributed by atoms with E-state index in [4.69, 9.17) is 0 Å². The van der Waals surface area contributed by atoms with Gasteiger partial charge in [0.2, 0.25) is 5.91 Å². The number of benzene rings is 3. The van der Waals surface area contributed by atoms with E-state index in [-0.39, 0.29) is 28.5 Å². The van der Waals surface area contributed by atoms with Gasteiger partial charge in [0.1, 0.15) is 0 Å². The van der Waals surface area contributed by atoms with E-state index >= 15 is 0 Å². The van der Waals surface area contributed by atoms with Crippen LogP contribution in [0.25, 0.3) is 0 Å². The fraction of sp³-hybridized carbons (Fsp3) is 0.200. The molecule has 0 spiro atoms. The largest absolute Gasteiger partial charge is 0.300 e. The maximum Gasteiger partial charge on any atom is 0.286 e. The predicted molar refractivity (Wildman–Crippen MR) is 121 cm³/mol. The molecule has 1 fully saturated rings. The Balaban J connectivity index is 1.61. The van der Waals surface area contributed by atoms with Crippen molar-refractivity contribution in [3.63, 3.8) is 0 Å². The van der Waals surface area contributed by atoms with Crippen LogP contribution in [0.15, 0.2) is 84.9 Å². The molecule has 1 heterocycles. The van der Waals surface area contributed by atoms with Crippen LogP contribution in [0.3, 0.4) is 0 Å². The Morgan fingerprint density at radius 3 is 2.13 bits per heavy atom. The van der Waals surface area contributed by atoms with E-state index in [0.717, 1.165) is 22.9 Å². The number of thioether (sulfide) groups is 1. The summed E-state index contributed by atoms with van der Waals surface area (Å²) in [6.45, 7) is 2.17. The van der Waals surface area contributed by atoms with Crippen molar-refractivity contribution in [1.82, 2.24) is 10.6 Å². The number of carbonyl (C=O) groups excluding carboxylic acids is 2. The molecule has 1 saturated heterocycles. The molecule has 4 nitrogen and oxygen atoms in total. The second-order valence-electron chi connectivity index (χ2n) is 7.48. The van der Waals surface area contributed by atoms with Gasteiger partial charge in [-0.05, 0) is 35.6 Å². The molecule has 3 aromatic carbocycles. The molecule has 0 bridgehead atoms. The lowest BCUT2D eigenvalue weighted by Gasteiger charge is -2.25. The summed E-state index contributed by atoms with van der Waals surface area (Å²) in [6, 6.07) is 29.2. The quantitative estimate of drug-likeness (QED) is 0.568. The summed E-state index contributed by atoms with van der Waals surface area (Å²) in [4.78, 5) is 23.5. The Morgan fingerprint density at radius 2 is 1.50 bits per heavy atom. The molecule has 4 rings (SSSR count). The molecule has 5 heteroatoms. The lowest BCUT2D eigenvalue weighted by Crippen LogP contribution is -2.26. The first kappa shape index (κ1) is 20.4. The van der Waals surface area contributed by atoms with Crippen molar-refractivity contribution in [3.05, 3.63) is 107 Å². The second-order valence-corrected chi connectivity index (χ2v) is 8.65. The van der Waals surface area contributed by atoms with Gasteiger partial charge >= 0.3 is 0 Å². The highest BCUT2D eigenvalue weighted by molar-refractivity contribution is 8.15. The number of carbonyl (C=O) groups is 2. The molecule has 3 aromatic rings. The zero-order chi connectivity index (χ0) is 20.9. The van der Waals surface area contributed by atoms with E-state index in [0.29, 0.717) is 6.42 Å². The third-order valence-electron chi connectivity index (χ3n) is 5.32. The minimum atomic E-state index is -0.362. The van der Waals surface area contributed by atoms with Crippen molar-refractivity contribution in [1.29, 1.82) is 0 Å². The third kappa shape index (κ3) is 4.81. The van der Waals surface area contributed by atoms with Gasteiger partial charge in [-0.3, -0.25) is 20.2 Å². The summed E-state index contributed by atoms with van der Waals surface area (Å²) < 4.78 is 0. The van der Waals surface area contributed by atoms with Crippen LogP contribution in [0.1, 0.15) is 41.3 Å². The molecule has 2 N–H and O–H groups in total. The van der Waals surface area contributed by atoms with Crippen molar-refractivity contribution in [3.8, 4) is 0 Å². The first-order valence-corrected chi connectivity index (χ1v) is 10.9. The van der Waals surface area contributed by atoms with E-state index in [1.54, 1.807) is 0 Å². The molecule has 0 saturated carbocycles. The Bertz CT molecular complexity index is 1020. The van der Waals surface area contributed by atoms with Crippen molar-refractivity contribution in [2.45, 2.75) is 30.7 Å². The molecule has 1 aliphatic heterocycles. The standard InChI is InChI=1S/C25H24N2O2S/c1-17(19-10-4-2-5-11-19)26-23(20-12-6-3-7-13-20)21-14-8-9-18(15-21)16-22-24(28)27-25(29)30-22/h2-15,17,22-23,26H,16H2,1H3,(H,27,28,29)/t17-,22?,23?/m0/s1. The van der Waals surface area contributed by atoms with Gasteiger partial charge in [-0.15, -0.1) is 0 Å². The van der Waals surface area contributed by atoms with E-state index in [1.165, 1.54) is 11.1 Å². The number of imide groups is 1. The van der Waals surface area contributed by atoms with Crippen molar-refractivity contribution in [2.24, 2.45) is 0 Å². The molecule has 152 valence electrons. The van der Waals surface area contributed by atoms with Crippen molar-refractivity contribution in [2.75, 3.05) is 0 Å². The normalized spacial score (nSPS) is 18.1. The van der Waals surface area contributed by atoms with Gasteiger partial charge in [-0.25, -0.2) is 0 Å². The molecule has 2 unspecified atom stereocenters. The maximum absolute atomic E-state index is 12.0. The number of nitrogens with one attached hydrogen (secondary N) is 2. The lowest BCUT2D eigenvalue weighted by atomic mass is 9.94. The van der Waals surface area contributed by atoms with Crippen LogP contribution >= 0.6 is 11.8 Å². The predicted octanol–water partition coefficient (Wildman–Crippen LogP) is 5.02. The highest BCUT2D eigenvalue weighted by Gasteiger charge is 2.31. The second kappa shape index (κ2) is 9.28. The molecule has 0 aliphatic carbocycles. The summed E-state index contributed by atoms with van der Waals surface area (Å²) in [5.74, 6) is -0.203. The molecular weight excluding hydrogens is 392 g/mol. The Morgan fingerprint density at radius 1 is 0.867 bits per heavy atom. The molecule has 0 aromatic heterocycles. The molecular formula is C25H24N2O2S. The minimum absolute atomic E-state index is 0.00745. The Labute approximate surface area is 181 Å². The number of hydrogen-bond acceptors (Lipinski definition) is 4. The van der Waals surface area contributed by atoms with E-state index in [1.807, 2.05) is 36.4 Å². The average Bonchev–Trinajstić information content (AvgIpc) is 3.09. The third-order valence-corrected chi connectivity index (χ3v) is 6.30. The zero-order valence-corrected chi connectivity index (χ0v) is 17.6. The molecule has 1 aliphatic rings. The Kier molecular flexibility index (Phi) is 6.31. The smallest absolute Gasteiger partial charge is 0.286 e. The van der Waals surface area contributed by atoms with Crippen LogP contribution in [0.5, 0.6) is 0 Å². The zero-order valence-electron chi connectivity index (χ0n) is 16.7. The number of hydrogen-bond donors (Lipinski definition) is 2. The fourth-order valence-corrected chi connectivity index (χ4v) is 4.62. The summed E-state index contributed by atoms with van der Waals surface area (Å²) in [5, 5.41) is 5.51. The molecule has 30 heavy (non-hydrogen) atoms. The van der Waals surface area contributed by atoms with Gasteiger partial charge in [-0.2, -0.15) is 0 Å². The summed E-state index contributed by atoms with van der Waals surface area (Å²) in [5.41, 5.74) is 4.59. The van der Waals surface area contributed by atoms with E-state index in [2.05, 4.69) is 66.1 Å². The van der Waals surface area contributed by atoms with Gasteiger partial charge in [0.25, 0.3) is 5.24 Å². The molecule has 3 atom stereocenters. The Hall–Kier alpha value is -2.89. The van der Waals surface area contributed by atoms with Crippen LogP contribution in [0.4, 0.5) is 4.79 Å². The molecule has 0 radical (unpaired) electrons. The summed E-state index contributed by atoms with van der Waals surface area (Å²) >= 11 is 1.07. The van der Waals surface area contributed by atoms with Crippen LogP contribution in [-0.4, -0.2) is 16.4 Å². The summed E-state index contributed by atoms with van der Waals surface area (Å²) in [6.07, 6.45) is 0.534. The highest BCUT2D eigenvalue weighted by Crippen LogP contribution is 2.28. The topological polar surface area (TPSA) is 58.2 Å². The monoisotopic (exact) mass is 416 g/mol. The maximum atomic E-state index is 12.0. The van der Waals surface area contributed by atoms with Crippen molar-refractivity contribution >= 4 is 22.9 Å². The van der Waals surface area contributed by atoms with Crippen LogP contribution in [-0.2, 0) is 11.2 Å². The number of amides is 2. The highest BCUT2D eigenvalue weighted by atomic mass is 32.2. The van der Waals surface area contributed by atoms with Crippen LogP contribution < -0.4 is 10.6 Å². The number of rotatable bonds is 7. The van der Waals surface area contributed by atoms with E-state index < -0.39 is 0 Å². The fourth-order valence-electron chi connectivity index (χ4n) is 3.76. The van der Waals surface area contributed by atoms with Gasteiger partial charge < -0.3 is 0 Å². The first-order chi connectivity index (χ1) is 14.6. The van der Waals surface area contributed by atoms with E-state index in [9.17, 15) is 9.59 Å². The lowest BCUT2D eigenvalue weighted by molar-refractivity contribution is -0.118. The average molecular weight is 417 g/mol. The minimum Gasteiger partial charge on any atom is -0.300 e. The molecule has 2 amide bonds. The summed E-state index contributed by atoms with van der Waals surface area (Å²) in [7, 11) is 0. The van der Waals surface area contributed by atoms with Gasteiger partial charge in [0, 0.05) is 6.04 Å². The van der Waals surface area contributed by atoms with Gasteiger partial charge in [-0.1, -0.05) is 96.7 Å². The van der Waals surface area contributed by atoms with Gasteiger partial charge in [0.05, 0.1) is 11.3 Å². The van der Waals surface area contributed by atoms with Crippen molar-refractivity contribution < 1.29 is 9.59 Å².